The van der Waals surface area contributed by atoms with E-state index in [4.69, 9.17) is 4.74 Å². The summed E-state index contributed by atoms with van der Waals surface area (Å²) < 4.78 is 5.10. The number of para-hydroxylation sites is 1. The lowest BCUT2D eigenvalue weighted by Crippen LogP contribution is -2.42. The van der Waals surface area contributed by atoms with E-state index in [-0.39, 0.29) is 13.0 Å². The molecule has 3 rings (SSSR count). The first-order chi connectivity index (χ1) is 12.1. The number of nitrogens with one attached hydrogen (secondary N) is 2. The summed E-state index contributed by atoms with van der Waals surface area (Å²) in [6, 6.07) is 15.7. The molecule has 1 unspecified atom stereocenters. The molecule has 0 spiro atoms. The van der Waals surface area contributed by atoms with Crippen molar-refractivity contribution in [1.29, 1.82) is 0 Å². The molecule has 0 bridgehead atoms. The van der Waals surface area contributed by atoms with Crippen molar-refractivity contribution < 1.29 is 19.4 Å². The number of aliphatic carboxylic acids is 1. The van der Waals surface area contributed by atoms with Crippen molar-refractivity contribution >= 4 is 23.0 Å². The average molecular weight is 338 g/mol. The van der Waals surface area contributed by atoms with E-state index < -0.39 is 18.1 Å². The van der Waals surface area contributed by atoms with E-state index in [1.807, 2.05) is 54.6 Å². The van der Waals surface area contributed by atoms with Crippen LogP contribution in [0.5, 0.6) is 0 Å². The van der Waals surface area contributed by atoms with Crippen LogP contribution in [0.3, 0.4) is 0 Å². The van der Waals surface area contributed by atoms with Gasteiger partial charge in [-0.05, 0) is 22.6 Å². The third kappa shape index (κ3) is 4.17. The van der Waals surface area contributed by atoms with Crippen LogP contribution in [-0.4, -0.2) is 28.2 Å². The van der Waals surface area contributed by atoms with E-state index >= 15 is 0 Å². The van der Waals surface area contributed by atoms with Crippen molar-refractivity contribution in [1.82, 2.24) is 10.3 Å². The number of alkyl carbamates (subject to hydrolysis) is 1. The largest absolute Gasteiger partial charge is 0.480 e. The van der Waals surface area contributed by atoms with E-state index in [2.05, 4.69) is 10.3 Å². The fourth-order valence-electron chi connectivity index (χ4n) is 2.65. The second-order valence-corrected chi connectivity index (χ2v) is 5.66. The Hall–Kier alpha value is -3.28. The first kappa shape index (κ1) is 16.6. The zero-order chi connectivity index (χ0) is 17.6. The highest BCUT2D eigenvalue weighted by Gasteiger charge is 2.22. The van der Waals surface area contributed by atoms with Gasteiger partial charge < -0.3 is 20.1 Å². The summed E-state index contributed by atoms with van der Waals surface area (Å²) in [6.45, 7) is 0.0885. The number of rotatable bonds is 6. The minimum Gasteiger partial charge on any atom is -0.480 e. The third-order valence-electron chi connectivity index (χ3n) is 3.90. The number of aromatic nitrogens is 1. The maximum atomic E-state index is 11.9. The van der Waals surface area contributed by atoms with Gasteiger partial charge in [-0.25, -0.2) is 9.59 Å². The highest BCUT2D eigenvalue weighted by Crippen LogP contribution is 2.18. The molecule has 0 aliphatic carbocycles. The number of carboxylic acid groups (broad SMARTS) is 1. The fourth-order valence-corrected chi connectivity index (χ4v) is 2.65. The Bertz CT molecular complexity index is 873. The molecule has 0 saturated carbocycles. The molecule has 2 aromatic carbocycles. The lowest BCUT2D eigenvalue weighted by Gasteiger charge is -2.15. The molecule has 0 saturated heterocycles. The molecule has 25 heavy (non-hydrogen) atoms. The van der Waals surface area contributed by atoms with Gasteiger partial charge >= 0.3 is 12.1 Å². The summed E-state index contributed by atoms with van der Waals surface area (Å²) in [5.74, 6) is -1.11. The van der Waals surface area contributed by atoms with Crippen molar-refractivity contribution in [2.75, 3.05) is 0 Å². The Morgan fingerprint density at radius 2 is 1.88 bits per heavy atom. The maximum Gasteiger partial charge on any atom is 0.408 e. The molecule has 3 N–H and O–H groups in total. The summed E-state index contributed by atoms with van der Waals surface area (Å²) in [4.78, 5) is 26.5. The van der Waals surface area contributed by atoms with E-state index in [1.54, 1.807) is 6.20 Å². The molecule has 0 aliphatic heterocycles. The number of carbonyl (C=O) groups excluding carboxylic acids is 1. The Balaban J connectivity index is 1.64. The zero-order valence-corrected chi connectivity index (χ0v) is 13.4. The standard InChI is InChI=1S/C19H18N2O4/c22-18(23)16(11-15-8-4-7-14-9-10-20-17(14)15)21-19(24)25-12-13-5-2-1-3-6-13/h1-10,16,20H,11-12H2,(H,21,24)(H,22,23). The first-order valence-electron chi connectivity index (χ1n) is 7.88. The van der Waals surface area contributed by atoms with Gasteiger partial charge in [0.2, 0.25) is 0 Å². The topological polar surface area (TPSA) is 91.4 Å². The molecule has 1 atom stereocenters. The quantitative estimate of drug-likeness (QED) is 0.644. The van der Waals surface area contributed by atoms with E-state index in [0.29, 0.717) is 0 Å². The van der Waals surface area contributed by atoms with Crippen molar-refractivity contribution in [3.63, 3.8) is 0 Å². The van der Waals surface area contributed by atoms with Crippen molar-refractivity contribution in [3.8, 4) is 0 Å². The number of carboxylic acids is 1. The van der Waals surface area contributed by atoms with Gasteiger partial charge in [-0.1, -0.05) is 48.5 Å². The number of fused-ring (bicyclic) bond motifs is 1. The van der Waals surface area contributed by atoms with Crippen LogP contribution in [0.2, 0.25) is 0 Å². The Morgan fingerprint density at radius 3 is 2.64 bits per heavy atom. The number of amides is 1. The van der Waals surface area contributed by atoms with Crippen LogP contribution in [0, 0.1) is 0 Å². The zero-order valence-electron chi connectivity index (χ0n) is 13.4. The van der Waals surface area contributed by atoms with Gasteiger partial charge in [0.25, 0.3) is 0 Å². The molecule has 6 heteroatoms. The summed E-state index contributed by atoms with van der Waals surface area (Å²) >= 11 is 0. The molecule has 0 aliphatic rings. The summed E-state index contributed by atoms with van der Waals surface area (Å²) in [5, 5.41) is 12.8. The Morgan fingerprint density at radius 1 is 1.08 bits per heavy atom. The number of carbonyl (C=O) groups is 2. The van der Waals surface area contributed by atoms with Crippen LogP contribution >= 0.6 is 0 Å². The molecule has 128 valence electrons. The number of aromatic amines is 1. The summed E-state index contributed by atoms with van der Waals surface area (Å²) in [5.41, 5.74) is 2.52. The highest BCUT2D eigenvalue weighted by molar-refractivity contribution is 5.85. The number of hydrogen-bond acceptors (Lipinski definition) is 3. The molecular formula is C19H18N2O4. The number of benzene rings is 2. The van der Waals surface area contributed by atoms with Gasteiger partial charge in [0.15, 0.2) is 0 Å². The second kappa shape index (κ2) is 7.53. The van der Waals surface area contributed by atoms with Crippen molar-refractivity contribution in [3.05, 3.63) is 71.9 Å². The maximum absolute atomic E-state index is 11.9. The smallest absolute Gasteiger partial charge is 0.408 e. The van der Waals surface area contributed by atoms with Gasteiger partial charge in [-0.15, -0.1) is 0 Å². The minimum atomic E-state index is -1.11. The molecule has 0 fully saturated rings. The number of ether oxygens (including phenoxy) is 1. The van der Waals surface area contributed by atoms with Crippen LogP contribution in [0.25, 0.3) is 10.9 Å². The normalized spacial score (nSPS) is 11.8. The van der Waals surface area contributed by atoms with Gasteiger partial charge in [-0.2, -0.15) is 0 Å². The predicted molar refractivity (Wildman–Crippen MR) is 93.2 cm³/mol. The van der Waals surface area contributed by atoms with Crippen LogP contribution < -0.4 is 5.32 Å². The summed E-state index contributed by atoms with van der Waals surface area (Å²) in [7, 11) is 0. The third-order valence-corrected chi connectivity index (χ3v) is 3.90. The van der Waals surface area contributed by atoms with Crippen LogP contribution in [0.1, 0.15) is 11.1 Å². The fraction of sp³-hybridized carbons (Fsp3) is 0.158. The van der Waals surface area contributed by atoms with Gasteiger partial charge in [0.05, 0.1) is 0 Å². The number of H-pyrrole nitrogens is 1. The lowest BCUT2D eigenvalue weighted by molar-refractivity contribution is -0.139. The van der Waals surface area contributed by atoms with E-state index in [0.717, 1.165) is 22.0 Å². The van der Waals surface area contributed by atoms with Gasteiger partial charge in [-0.3, -0.25) is 0 Å². The number of hydrogen-bond donors (Lipinski definition) is 3. The Labute approximate surface area is 144 Å². The van der Waals surface area contributed by atoms with Gasteiger partial charge in [0, 0.05) is 18.1 Å². The molecule has 6 nitrogen and oxygen atoms in total. The van der Waals surface area contributed by atoms with Crippen LogP contribution in [0.4, 0.5) is 4.79 Å². The summed E-state index contributed by atoms with van der Waals surface area (Å²) in [6.07, 6.45) is 1.20. The van der Waals surface area contributed by atoms with E-state index in [1.165, 1.54) is 0 Å². The molecule has 0 radical (unpaired) electrons. The Kier molecular flexibility index (Phi) is 4.99. The predicted octanol–water partition coefficient (Wildman–Crippen LogP) is 3.09. The first-order valence-corrected chi connectivity index (χ1v) is 7.88. The molecule has 3 aromatic rings. The van der Waals surface area contributed by atoms with E-state index in [9.17, 15) is 14.7 Å². The molecule has 1 aromatic heterocycles. The molecule has 1 heterocycles. The van der Waals surface area contributed by atoms with Crippen LogP contribution in [-0.2, 0) is 22.6 Å². The molecule has 1 amide bonds. The van der Waals surface area contributed by atoms with Crippen molar-refractivity contribution in [2.45, 2.75) is 19.1 Å². The average Bonchev–Trinajstić information content (AvgIpc) is 3.10. The highest BCUT2D eigenvalue weighted by atomic mass is 16.5. The SMILES string of the molecule is O=C(NC(Cc1cccc2cc[nH]c12)C(=O)O)OCc1ccccc1. The monoisotopic (exact) mass is 338 g/mol. The van der Waals surface area contributed by atoms with Crippen LogP contribution in [0.15, 0.2) is 60.8 Å². The molecular weight excluding hydrogens is 320 g/mol. The lowest BCUT2D eigenvalue weighted by atomic mass is 10.0. The van der Waals surface area contributed by atoms with Gasteiger partial charge in [0.1, 0.15) is 12.6 Å². The van der Waals surface area contributed by atoms with Crippen molar-refractivity contribution in [2.24, 2.45) is 0 Å². The second-order valence-electron chi connectivity index (χ2n) is 5.66. The minimum absolute atomic E-state index is 0.0885.